The van der Waals surface area contributed by atoms with Gasteiger partial charge in [-0.15, -0.1) is 0 Å². The van der Waals surface area contributed by atoms with Crippen LogP contribution >= 0.6 is 15.9 Å². The highest BCUT2D eigenvalue weighted by Crippen LogP contribution is 2.27. The van der Waals surface area contributed by atoms with Gasteiger partial charge in [0.05, 0.1) is 6.61 Å². The van der Waals surface area contributed by atoms with Crippen molar-refractivity contribution in [1.29, 1.82) is 0 Å². The number of hydrogen-bond acceptors (Lipinski definition) is 2. The van der Waals surface area contributed by atoms with Gasteiger partial charge in [0, 0.05) is 4.47 Å². The second-order valence-electron chi connectivity index (χ2n) is 5.09. The Kier molecular flexibility index (Phi) is 5.25. The van der Waals surface area contributed by atoms with Crippen LogP contribution in [0.5, 0.6) is 5.75 Å². The van der Waals surface area contributed by atoms with Gasteiger partial charge in [0.1, 0.15) is 11.3 Å². The molecule has 1 fully saturated rings. The molecule has 0 atom stereocenters. The zero-order valence-corrected chi connectivity index (χ0v) is 12.5. The third kappa shape index (κ3) is 4.23. The van der Waals surface area contributed by atoms with Gasteiger partial charge in [-0.05, 0) is 30.5 Å². The number of carbonyl (C=O) groups is 1. The van der Waals surface area contributed by atoms with Gasteiger partial charge in [-0.25, -0.2) is 4.79 Å². The van der Waals surface area contributed by atoms with Gasteiger partial charge in [0.15, 0.2) is 0 Å². The van der Waals surface area contributed by atoms with Crippen LogP contribution in [0.1, 0.15) is 48.9 Å². The standard InChI is InChI=1S/C15H19BrO3/c16-12-6-7-14(13(10-12)15(17)18)19-9-8-11-4-2-1-3-5-11/h6-7,10-11H,1-5,8-9H2,(H,17,18). The average Bonchev–Trinajstić information content (AvgIpc) is 2.41. The minimum absolute atomic E-state index is 0.220. The molecule has 2 rings (SSSR count). The molecule has 0 radical (unpaired) electrons. The Bertz CT molecular complexity index is 439. The summed E-state index contributed by atoms with van der Waals surface area (Å²) >= 11 is 3.28. The molecule has 0 unspecified atom stereocenters. The second-order valence-corrected chi connectivity index (χ2v) is 6.00. The van der Waals surface area contributed by atoms with Crippen molar-refractivity contribution < 1.29 is 14.6 Å². The van der Waals surface area contributed by atoms with Crippen LogP contribution in [0.4, 0.5) is 0 Å². The number of ether oxygens (including phenoxy) is 1. The second kappa shape index (κ2) is 6.94. The highest BCUT2D eigenvalue weighted by atomic mass is 79.9. The Morgan fingerprint density at radius 2 is 2.05 bits per heavy atom. The molecule has 1 aromatic rings. The molecule has 0 amide bonds. The van der Waals surface area contributed by atoms with Crippen LogP contribution in [0.15, 0.2) is 22.7 Å². The van der Waals surface area contributed by atoms with E-state index < -0.39 is 5.97 Å². The number of aromatic carboxylic acids is 1. The van der Waals surface area contributed by atoms with Crippen molar-refractivity contribution >= 4 is 21.9 Å². The van der Waals surface area contributed by atoms with E-state index in [-0.39, 0.29) is 5.56 Å². The molecule has 0 heterocycles. The van der Waals surface area contributed by atoms with Crippen LogP contribution in [0.25, 0.3) is 0 Å². The molecule has 1 saturated carbocycles. The van der Waals surface area contributed by atoms with E-state index in [9.17, 15) is 4.79 Å². The molecule has 3 nitrogen and oxygen atoms in total. The van der Waals surface area contributed by atoms with E-state index in [1.165, 1.54) is 32.1 Å². The molecule has 0 spiro atoms. The van der Waals surface area contributed by atoms with E-state index >= 15 is 0 Å². The molecule has 0 aliphatic heterocycles. The van der Waals surface area contributed by atoms with E-state index in [1.807, 2.05) is 6.07 Å². The minimum Gasteiger partial charge on any atom is -0.493 e. The molecule has 1 aliphatic rings. The van der Waals surface area contributed by atoms with Crippen molar-refractivity contribution in [3.8, 4) is 5.75 Å². The quantitative estimate of drug-likeness (QED) is 0.866. The SMILES string of the molecule is O=C(O)c1cc(Br)ccc1OCCC1CCCCC1. The van der Waals surface area contributed by atoms with Crippen LogP contribution < -0.4 is 4.74 Å². The van der Waals surface area contributed by atoms with E-state index in [2.05, 4.69) is 15.9 Å². The lowest BCUT2D eigenvalue weighted by Crippen LogP contribution is -2.12. The lowest BCUT2D eigenvalue weighted by atomic mass is 9.87. The summed E-state index contributed by atoms with van der Waals surface area (Å²) in [6.07, 6.45) is 7.60. The molecule has 1 aromatic carbocycles. The smallest absolute Gasteiger partial charge is 0.339 e. The van der Waals surface area contributed by atoms with Crippen molar-refractivity contribution in [3.63, 3.8) is 0 Å². The van der Waals surface area contributed by atoms with Crippen LogP contribution in [0, 0.1) is 5.92 Å². The Labute approximate surface area is 122 Å². The van der Waals surface area contributed by atoms with E-state index in [1.54, 1.807) is 12.1 Å². The van der Waals surface area contributed by atoms with Gasteiger partial charge in [-0.3, -0.25) is 0 Å². The van der Waals surface area contributed by atoms with Crippen molar-refractivity contribution in [3.05, 3.63) is 28.2 Å². The summed E-state index contributed by atoms with van der Waals surface area (Å²) in [6.45, 7) is 0.604. The lowest BCUT2D eigenvalue weighted by Gasteiger charge is -2.21. The zero-order valence-electron chi connectivity index (χ0n) is 10.9. The first-order valence-electron chi connectivity index (χ1n) is 6.82. The van der Waals surface area contributed by atoms with Gasteiger partial charge < -0.3 is 9.84 Å². The average molecular weight is 327 g/mol. The first-order chi connectivity index (χ1) is 9.16. The van der Waals surface area contributed by atoms with E-state index in [4.69, 9.17) is 9.84 Å². The van der Waals surface area contributed by atoms with Crippen LogP contribution in [-0.2, 0) is 0 Å². The summed E-state index contributed by atoms with van der Waals surface area (Å²) in [4.78, 5) is 11.1. The van der Waals surface area contributed by atoms with Crippen molar-refractivity contribution in [2.24, 2.45) is 5.92 Å². The van der Waals surface area contributed by atoms with Crippen molar-refractivity contribution in [1.82, 2.24) is 0 Å². The number of halogens is 1. The molecule has 0 saturated heterocycles. The van der Waals surface area contributed by atoms with Crippen molar-refractivity contribution in [2.75, 3.05) is 6.61 Å². The summed E-state index contributed by atoms with van der Waals surface area (Å²) in [5, 5.41) is 9.14. The van der Waals surface area contributed by atoms with Gasteiger partial charge in [-0.1, -0.05) is 48.0 Å². The molecule has 0 bridgehead atoms. The first-order valence-corrected chi connectivity index (χ1v) is 7.62. The lowest BCUT2D eigenvalue weighted by molar-refractivity contribution is 0.0691. The maximum absolute atomic E-state index is 11.1. The fourth-order valence-electron chi connectivity index (χ4n) is 2.61. The molecular formula is C15H19BrO3. The van der Waals surface area contributed by atoms with Crippen LogP contribution in [-0.4, -0.2) is 17.7 Å². The van der Waals surface area contributed by atoms with E-state index in [0.717, 1.165) is 16.8 Å². The third-order valence-corrected chi connectivity index (χ3v) is 4.17. The summed E-state index contributed by atoms with van der Waals surface area (Å²) in [7, 11) is 0. The monoisotopic (exact) mass is 326 g/mol. The van der Waals surface area contributed by atoms with Crippen molar-refractivity contribution in [2.45, 2.75) is 38.5 Å². The molecule has 19 heavy (non-hydrogen) atoms. The number of rotatable bonds is 5. The molecular weight excluding hydrogens is 308 g/mol. The summed E-state index contributed by atoms with van der Waals surface area (Å²) in [5.74, 6) is 0.262. The molecule has 0 aromatic heterocycles. The summed E-state index contributed by atoms with van der Waals surface area (Å²) in [6, 6.07) is 5.11. The Morgan fingerprint density at radius 3 is 2.74 bits per heavy atom. The minimum atomic E-state index is -0.950. The first kappa shape index (κ1) is 14.4. The topological polar surface area (TPSA) is 46.5 Å². The third-order valence-electron chi connectivity index (χ3n) is 3.68. The molecule has 4 heteroatoms. The highest BCUT2D eigenvalue weighted by molar-refractivity contribution is 9.10. The van der Waals surface area contributed by atoms with Crippen LogP contribution in [0.3, 0.4) is 0 Å². The maximum atomic E-state index is 11.1. The molecule has 1 aliphatic carbocycles. The Hall–Kier alpha value is -1.03. The Morgan fingerprint density at radius 1 is 1.32 bits per heavy atom. The van der Waals surface area contributed by atoms with Gasteiger partial charge in [0.25, 0.3) is 0 Å². The summed E-state index contributed by atoms with van der Waals surface area (Å²) < 4.78 is 6.41. The van der Waals surface area contributed by atoms with Gasteiger partial charge >= 0.3 is 5.97 Å². The van der Waals surface area contributed by atoms with E-state index in [0.29, 0.717) is 12.4 Å². The number of carboxylic acids is 1. The normalized spacial score (nSPS) is 16.3. The number of hydrogen-bond donors (Lipinski definition) is 1. The predicted octanol–water partition coefficient (Wildman–Crippen LogP) is 4.50. The molecule has 104 valence electrons. The highest BCUT2D eigenvalue weighted by Gasteiger charge is 2.15. The fraction of sp³-hybridized carbons (Fsp3) is 0.533. The number of benzene rings is 1. The maximum Gasteiger partial charge on any atom is 0.339 e. The summed E-state index contributed by atoms with van der Waals surface area (Å²) in [5.41, 5.74) is 0.220. The van der Waals surface area contributed by atoms with Crippen LogP contribution in [0.2, 0.25) is 0 Å². The fourth-order valence-corrected chi connectivity index (χ4v) is 2.97. The van der Waals surface area contributed by atoms with Gasteiger partial charge in [0.2, 0.25) is 0 Å². The van der Waals surface area contributed by atoms with Gasteiger partial charge in [-0.2, -0.15) is 0 Å². The zero-order chi connectivity index (χ0) is 13.7. The molecule has 1 N–H and O–H groups in total. The Balaban J connectivity index is 1.89. The predicted molar refractivity (Wildman–Crippen MR) is 77.8 cm³/mol. The largest absolute Gasteiger partial charge is 0.493 e. The number of carboxylic acid groups (broad SMARTS) is 1.